The van der Waals surface area contributed by atoms with E-state index >= 15 is 0 Å². The summed E-state index contributed by atoms with van der Waals surface area (Å²) >= 11 is 1.38. The van der Waals surface area contributed by atoms with Gasteiger partial charge in [0.25, 0.3) is 5.91 Å². The van der Waals surface area contributed by atoms with Gasteiger partial charge < -0.3 is 11.1 Å². The number of anilines is 1. The van der Waals surface area contributed by atoms with E-state index in [0.717, 1.165) is 28.8 Å². The van der Waals surface area contributed by atoms with E-state index in [1.165, 1.54) is 11.3 Å². The highest BCUT2D eigenvalue weighted by atomic mass is 32.1. The van der Waals surface area contributed by atoms with Gasteiger partial charge in [0.2, 0.25) is 0 Å². The second-order valence-electron chi connectivity index (χ2n) is 5.88. The number of pyridine rings is 1. The smallest absolute Gasteiger partial charge is 0.263 e. The highest BCUT2D eigenvalue weighted by Gasteiger charge is 2.18. The molecule has 2 aromatic rings. The first-order valence-electron chi connectivity index (χ1n) is 7.41. The van der Waals surface area contributed by atoms with Gasteiger partial charge in [0.15, 0.2) is 0 Å². The normalized spacial score (nSPS) is 12.8. The number of nitrogens with one attached hydrogen (secondary N) is 1. The summed E-state index contributed by atoms with van der Waals surface area (Å²) in [4.78, 5) is 18.3. The van der Waals surface area contributed by atoms with E-state index in [0.29, 0.717) is 16.5 Å². The average molecular weight is 305 g/mol. The van der Waals surface area contributed by atoms with Crippen molar-refractivity contribution in [1.82, 2.24) is 10.3 Å². The lowest BCUT2D eigenvalue weighted by atomic mass is 10.1. The number of hydrogen-bond donors (Lipinski definition) is 2. The maximum Gasteiger partial charge on any atom is 0.263 e. The quantitative estimate of drug-likeness (QED) is 0.886. The molecular weight excluding hydrogens is 282 g/mol. The Kier molecular flexibility index (Phi) is 4.83. The van der Waals surface area contributed by atoms with E-state index < -0.39 is 0 Å². The van der Waals surface area contributed by atoms with E-state index in [2.05, 4.69) is 24.1 Å². The summed E-state index contributed by atoms with van der Waals surface area (Å²) in [7, 11) is 0. The summed E-state index contributed by atoms with van der Waals surface area (Å²) in [6.45, 7) is 8.36. The van der Waals surface area contributed by atoms with Gasteiger partial charge in [-0.3, -0.25) is 4.79 Å². The summed E-state index contributed by atoms with van der Waals surface area (Å²) in [5.41, 5.74) is 7.71. The van der Waals surface area contributed by atoms with Crippen LogP contribution in [0.1, 0.15) is 49.5 Å². The molecule has 1 amide bonds. The minimum absolute atomic E-state index is 0.102. The number of thiophene rings is 1. The van der Waals surface area contributed by atoms with E-state index in [1.54, 1.807) is 0 Å². The maximum atomic E-state index is 12.3. The zero-order chi connectivity index (χ0) is 15.6. The molecule has 4 nitrogen and oxygen atoms in total. The Morgan fingerprint density at radius 1 is 1.38 bits per heavy atom. The second kappa shape index (κ2) is 6.43. The van der Waals surface area contributed by atoms with Gasteiger partial charge in [-0.15, -0.1) is 11.3 Å². The first-order chi connectivity index (χ1) is 9.92. The van der Waals surface area contributed by atoms with Crippen LogP contribution in [0.15, 0.2) is 12.1 Å². The van der Waals surface area contributed by atoms with Crippen molar-refractivity contribution in [3.8, 4) is 0 Å². The van der Waals surface area contributed by atoms with Gasteiger partial charge in [-0.05, 0) is 37.8 Å². The maximum absolute atomic E-state index is 12.3. The number of fused-ring (bicyclic) bond motifs is 1. The van der Waals surface area contributed by atoms with Gasteiger partial charge in [-0.25, -0.2) is 4.98 Å². The van der Waals surface area contributed by atoms with Crippen molar-refractivity contribution in [2.24, 2.45) is 5.92 Å². The molecule has 0 aromatic carbocycles. The summed E-state index contributed by atoms with van der Waals surface area (Å²) < 4.78 is 0. The lowest BCUT2D eigenvalue weighted by Gasteiger charge is -2.10. The minimum Gasteiger partial charge on any atom is -0.397 e. The van der Waals surface area contributed by atoms with Gasteiger partial charge >= 0.3 is 0 Å². The summed E-state index contributed by atoms with van der Waals surface area (Å²) in [5, 5.41) is 3.83. The molecule has 2 aromatic heterocycles. The molecule has 2 heterocycles. The Morgan fingerprint density at radius 2 is 2.10 bits per heavy atom. The number of amides is 1. The fourth-order valence-corrected chi connectivity index (χ4v) is 3.14. The van der Waals surface area contributed by atoms with Crippen LogP contribution >= 0.6 is 11.3 Å². The first kappa shape index (κ1) is 15.8. The molecule has 0 aliphatic carbocycles. The number of nitrogen functional groups attached to an aromatic ring is 1. The molecule has 5 heteroatoms. The van der Waals surface area contributed by atoms with E-state index in [-0.39, 0.29) is 11.9 Å². The molecule has 0 saturated heterocycles. The van der Waals surface area contributed by atoms with E-state index in [1.807, 2.05) is 26.0 Å². The summed E-state index contributed by atoms with van der Waals surface area (Å²) in [6.07, 6.45) is 1.83. The molecule has 21 heavy (non-hydrogen) atoms. The highest BCUT2D eigenvalue weighted by molar-refractivity contribution is 7.21. The Hall–Kier alpha value is -1.62. The molecule has 0 spiro atoms. The number of nitrogens with two attached hydrogens (primary N) is 1. The fraction of sp³-hybridized carbons (Fsp3) is 0.500. The van der Waals surface area contributed by atoms with Crippen molar-refractivity contribution >= 4 is 33.1 Å². The predicted octanol–water partition coefficient (Wildman–Crippen LogP) is 3.61. The average Bonchev–Trinajstić information content (AvgIpc) is 2.75. The number of carbonyl (C=O) groups excluding carboxylic acids is 1. The zero-order valence-electron chi connectivity index (χ0n) is 13.1. The number of carbonyl (C=O) groups is 1. The third-order valence-electron chi connectivity index (χ3n) is 3.46. The Balaban J connectivity index is 2.34. The molecule has 2 rings (SSSR count). The summed E-state index contributed by atoms with van der Waals surface area (Å²) in [5.74, 6) is 0.454. The molecule has 0 saturated carbocycles. The largest absolute Gasteiger partial charge is 0.397 e. The molecule has 0 aliphatic heterocycles. The van der Waals surface area contributed by atoms with Crippen molar-refractivity contribution < 1.29 is 4.79 Å². The number of hydrogen-bond acceptors (Lipinski definition) is 4. The fourth-order valence-electron chi connectivity index (χ4n) is 2.13. The van der Waals surface area contributed by atoms with Gasteiger partial charge in [-0.1, -0.05) is 20.8 Å². The predicted molar refractivity (Wildman–Crippen MR) is 89.8 cm³/mol. The number of aromatic nitrogens is 1. The van der Waals surface area contributed by atoms with Crippen LogP contribution in [-0.2, 0) is 6.42 Å². The molecule has 114 valence electrons. The van der Waals surface area contributed by atoms with Gasteiger partial charge in [-0.2, -0.15) is 0 Å². The van der Waals surface area contributed by atoms with Crippen LogP contribution in [0, 0.1) is 5.92 Å². The lowest BCUT2D eigenvalue weighted by Crippen LogP contribution is -2.31. The Morgan fingerprint density at radius 3 is 2.71 bits per heavy atom. The van der Waals surface area contributed by atoms with Crippen LogP contribution < -0.4 is 11.1 Å². The minimum atomic E-state index is -0.102. The molecule has 0 fully saturated rings. The highest BCUT2D eigenvalue weighted by Crippen LogP contribution is 2.32. The lowest BCUT2D eigenvalue weighted by molar-refractivity contribution is 0.0944. The monoisotopic (exact) mass is 305 g/mol. The third kappa shape index (κ3) is 3.53. The first-order valence-corrected chi connectivity index (χ1v) is 8.22. The van der Waals surface area contributed by atoms with Gasteiger partial charge in [0.05, 0.1) is 5.69 Å². The van der Waals surface area contributed by atoms with Crippen molar-refractivity contribution in [2.75, 3.05) is 5.73 Å². The topological polar surface area (TPSA) is 68.0 Å². The molecule has 1 unspecified atom stereocenters. The molecule has 3 N–H and O–H groups in total. The molecule has 0 aliphatic rings. The zero-order valence-corrected chi connectivity index (χ0v) is 13.9. The number of nitrogens with zero attached hydrogens (tertiary/aromatic N) is 1. The molecule has 0 radical (unpaired) electrons. The van der Waals surface area contributed by atoms with Gasteiger partial charge in [0.1, 0.15) is 9.71 Å². The Labute approximate surface area is 129 Å². The standard InChI is InChI=1S/C16H23N3OS/c1-5-10(4)18-15(20)14-13(17)12-7-6-11(8-9(2)3)19-16(12)21-14/h6-7,9-10H,5,8,17H2,1-4H3,(H,18,20). The van der Waals surface area contributed by atoms with Crippen LogP contribution in [0.3, 0.4) is 0 Å². The SMILES string of the molecule is CCC(C)NC(=O)c1sc2nc(CC(C)C)ccc2c1N. The van der Waals surface area contributed by atoms with Crippen LogP contribution in [0.25, 0.3) is 10.2 Å². The van der Waals surface area contributed by atoms with Crippen LogP contribution in [0.4, 0.5) is 5.69 Å². The van der Waals surface area contributed by atoms with Crippen LogP contribution in [-0.4, -0.2) is 16.9 Å². The van der Waals surface area contributed by atoms with Gasteiger partial charge in [0, 0.05) is 17.1 Å². The third-order valence-corrected chi connectivity index (χ3v) is 4.58. The van der Waals surface area contributed by atoms with Crippen molar-refractivity contribution in [1.29, 1.82) is 0 Å². The van der Waals surface area contributed by atoms with E-state index in [4.69, 9.17) is 5.73 Å². The van der Waals surface area contributed by atoms with E-state index in [9.17, 15) is 4.79 Å². The summed E-state index contributed by atoms with van der Waals surface area (Å²) in [6, 6.07) is 4.12. The second-order valence-corrected chi connectivity index (χ2v) is 6.88. The van der Waals surface area contributed by atoms with Crippen LogP contribution in [0.2, 0.25) is 0 Å². The van der Waals surface area contributed by atoms with Crippen molar-refractivity contribution in [2.45, 2.75) is 46.6 Å². The molecule has 0 bridgehead atoms. The number of rotatable bonds is 5. The van der Waals surface area contributed by atoms with Crippen LogP contribution in [0.5, 0.6) is 0 Å². The Bertz CT molecular complexity index is 648. The van der Waals surface area contributed by atoms with Crippen molar-refractivity contribution in [3.05, 3.63) is 22.7 Å². The molecular formula is C16H23N3OS. The molecule has 1 atom stereocenters. The van der Waals surface area contributed by atoms with Crippen molar-refractivity contribution in [3.63, 3.8) is 0 Å².